The summed E-state index contributed by atoms with van der Waals surface area (Å²) in [6.45, 7) is 0. The Labute approximate surface area is 131 Å². The minimum atomic E-state index is -3.80. The van der Waals surface area contributed by atoms with E-state index in [2.05, 4.69) is 20.7 Å². The first kappa shape index (κ1) is 15.4. The Morgan fingerprint density at radius 2 is 1.86 bits per heavy atom. The summed E-state index contributed by atoms with van der Waals surface area (Å²) >= 11 is 3.25. The monoisotopic (exact) mass is 366 g/mol. The van der Waals surface area contributed by atoms with E-state index in [0.29, 0.717) is 0 Å². The second-order valence-electron chi connectivity index (χ2n) is 4.05. The van der Waals surface area contributed by atoms with Gasteiger partial charge in [-0.05, 0) is 36.4 Å². The van der Waals surface area contributed by atoms with Crippen LogP contribution in [-0.2, 0) is 10.0 Å². The predicted molar refractivity (Wildman–Crippen MR) is 82.7 cm³/mol. The second-order valence-corrected chi connectivity index (χ2v) is 6.65. The van der Waals surface area contributed by atoms with Crippen LogP contribution in [0.3, 0.4) is 0 Å². The predicted octanol–water partition coefficient (Wildman–Crippen LogP) is 3.13. The Morgan fingerprint density at radius 1 is 1.19 bits per heavy atom. The summed E-state index contributed by atoms with van der Waals surface area (Å²) in [4.78, 5) is 0.0977. The van der Waals surface area contributed by atoms with Crippen molar-refractivity contribution in [3.05, 3.63) is 52.5 Å². The number of para-hydroxylation sites is 1. The van der Waals surface area contributed by atoms with Crippen LogP contribution < -0.4 is 9.46 Å². The molecule has 0 atom stereocenters. The highest BCUT2D eigenvalue weighted by Gasteiger charge is 2.19. The topological polar surface area (TPSA) is 79.2 Å². The molecule has 0 aliphatic carbocycles. The second kappa shape index (κ2) is 6.16. The lowest BCUT2D eigenvalue weighted by Crippen LogP contribution is -2.14. The minimum absolute atomic E-state index is 0.0977. The quantitative estimate of drug-likeness (QED) is 0.901. The summed E-state index contributed by atoms with van der Waals surface area (Å²) in [7, 11) is -2.39. The number of nitrogens with zero attached hydrogens (tertiary/aromatic N) is 1. The molecule has 0 saturated carbocycles. The van der Waals surface area contributed by atoms with E-state index >= 15 is 0 Å². The van der Waals surface area contributed by atoms with Crippen molar-refractivity contribution >= 4 is 31.6 Å². The summed E-state index contributed by atoms with van der Waals surface area (Å²) in [6, 6.07) is 12.8. The van der Waals surface area contributed by atoms with Crippen molar-refractivity contribution < 1.29 is 13.2 Å². The van der Waals surface area contributed by atoms with Gasteiger partial charge in [0, 0.05) is 4.47 Å². The Balaban J connectivity index is 2.46. The lowest BCUT2D eigenvalue weighted by Gasteiger charge is -2.13. The number of sulfonamides is 1. The van der Waals surface area contributed by atoms with Gasteiger partial charge in [0.1, 0.15) is 17.5 Å². The third-order valence-electron chi connectivity index (χ3n) is 2.73. The Morgan fingerprint density at radius 3 is 2.43 bits per heavy atom. The summed E-state index contributed by atoms with van der Waals surface area (Å²) in [6.07, 6.45) is 0. The third-order valence-corrected chi connectivity index (χ3v) is 4.62. The molecular formula is C14H11BrN2O3S. The zero-order valence-corrected chi connectivity index (χ0v) is 13.4. The van der Waals surface area contributed by atoms with Crippen LogP contribution in [0.25, 0.3) is 0 Å². The molecule has 0 heterocycles. The van der Waals surface area contributed by atoms with Crippen molar-refractivity contribution in [3.8, 4) is 11.8 Å². The number of nitriles is 1. The molecule has 1 N–H and O–H groups in total. The van der Waals surface area contributed by atoms with Crippen LogP contribution in [0.5, 0.6) is 5.75 Å². The fourth-order valence-electron chi connectivity index (χ4n) is 1.71. The molecule has 0 radical (unpaired) electrons. The van der Waals surface area contributed by atoms with Crippen LogP contribution in [0.4, 0.5) is 5.69 Å². The highest BCUT2D eigenvalue weighted by atomic mass is 79.9. The van der Waals surface area contributed by atoms with E-state index in [4.69, 9.17) is 10.00 Å². The number of nitrogens with one attached hydrogen (secondary N) is 1. The first-order chi connectivity index (χ1) is 9.97. The average Bonchev–Trinajstić information content (AvgIpc) is 2.47. The number of anilines is 1. The van der Waals surface area contributed by atoms with Gasteiger partial charge in [-0.1, -0.05) is 22.0 Å². The van der Waals surface area contributed by atoms with E-state index in [0.717, 1.165) is 4.47 Å². The van der Waals surface area contributed by atoms with Gasteiger partial charge in [-0.25, -0.2) is 8.42 Å². The first-order valence-electron chi connectivity index (χ1n) is 5.83. The van der Waals surface area contributed by atoms with Crippen molar-refractivity contribution in [1.82, 2.24) is 0 Å². The highest BCUT2D eigenvalue weighted by Crippen LogP contribution is 2.30. The van der Waals surface area contributed by atoms with Crippen molar-refractivity contribution in [1.29, 1.82) is 5.26 Å². The highest BCUT2D eigenvalue weighted by molar-refractivity contribution is 9.10. The van der Waals surface area contributed by atoms with Crippen LogP contribution >= 0.6 is 15.9 Å². The van der Waals surface area contributed by atoms with Crippen LogP contribution in [0, 0.1) is 11.3 Å². The van der Waals surface area contributed by atoms with Crippen molar-refractivity contribution in [2.45, 2.75) is 4.90 Å². The number of benzene rings is 2. The number of hydrogen-bond donors (Lipinski definition) is 1. The molecule has 0 aromatic heterocycles. The van der Waals surface area contributed by atoms with Crippen LogP contribution in [-0.4, -0.2) is 15.5 Å². The normalized spacial score (nSPS) is 10.7. The van der Waals surface area contributed by atoms with Crippen molar-refractivity contribution in [2.24, 2.45) is 0 Å². The molecule has 0 spiro atoms. The van der Waals surface area contributed by atoms with E-state index in [1.807, 2.05) is 6.07 Å². The summed E-state index contributed by atoms with van der Waals surface area (Å²) in [5, 5.41) is 9.10. The number of methoxy groups -OCH3 is 1. The van der Waals surface area contributed by atoms with Crippen molar-refractivity contribution in [3.63, 3.8) is 0 Å². The maximum absolute atomic E-state index is 12.4. The molecular weight excluding hydrogens is 356 g/mol. The number of rotatable bonds is 4. The number of halogens is 1. The maximum atomic E-state index is 12.4. The van der Waals surface area contributed by atoms with Gasteiger partial charge < -0.3 is 4.74 Å². The molecule has 5 nitrogen and oxygen atoms in total. The summed E-state index contributed by atoms with van der Waals surface area (Å²) in [5.41, 5.74) is 0.320. The molecule has 0 aliphatic rings. The van der Waals surface area contributed by atoms with Crippen LogP contribution in [0.1, 0.15) is 5.56 Å². The Hall–Kier alpha value is -2.04. The molecule has 0 aliphatic heterocycles. The van der Waals surface area contributed by atoms with Gasteiger partial charge in [0.05, 0.1) is 17.6 Å². The van der Waals surface area contributed by atoms with Gasteiger partial charge in [0.15, 0.2) is 0 Å². The van der Waals surface area contributed by atoms with Crippen LogP contribution in [0.15, 0.2) is 51.8 Å². The van der Waals surface area contributed by atoms with E-state index in [9.17, 15) is 8.42 Å². The van der Waals surface area contributed by atoms with Crippen LogP contribution in [0.2, 0.25) is 0 Å². The molecule has 108 valence electrons. The van der Waals surface area contributed by atoms with E-state index in [1.54, 1.807) is 24.3 Å². The zero-order chi connectivity index (χ0) is 15.5. The Kier molecular flexibility index (Phi) is 4.50. The third kappa shape index (κ3) is 3.35. The molecule has 21 heavy (non-hydrogen) atoms. The molecule has 0 saturated heterocycles. The fraction of sp³-hybridized carbons (Fsp3) is 0.0714. The van der Waals surface area contributed by atoms with Gasteiger partial charge in [-0.3, -0.25) is 4.72 Å². The van der Waals surface area contributed by atoms with Gasteiger partial charge >= 0.3 is 0 Å². The largest absolute Gasteiger partial charge is 0.495 e. The average molecular weight is 367 g/mol. The molecule has 7 heteroatoms. The molecule has 2 aromatic rings. The van der Waals surface area contributed by atoms with Gasteiger partial charge in [-0.2, -0.15) is 5.26 Å². The maximum Gasteiger partial charge on any atom is 0.262 e. The van der Waals surface area contributed by atoms with Crippen molar-refractivity contribution in [2.75, 3.05) is 11.8 Å². The minimum Gasteiger partial charge on any atom is -0.495 e. The molecule has 0 fully saturated rings. The number of ether oxygens (including phenoxy) is 1. The molecule has 2 aromatic carbocycles. The van der Waals surface area contributed by atoms with E-state index in [-0.39, 0.29) is 21.9 Å². The molecule has 0 unspecified atom stereocenters. The fourth-order valence-corrected chi connectivity index (χ4v) is 3.06. The molecule has 0 bridgehead atoms. The van der Waals surface area contributed by atoms with E-state index in [1.165, 1.54) is 25.3 Å². The van der Waals surface area contributed by atoms with Gasteiger partial charge in [0.25, 0.3) is 10.0 Å². The SMILES string of the molecule is COc1cccc(C#N)c1NS(=O)(=O)c1ccc(Br)cc1. The van der Waals surface area contributed by atoms with Gasteiger partial charge in [-0.15, -0.1) is 0 Å². The smallest absolute Gasteiger partial charge is 0.262 e. The summed E-state index contributed by atoms with van der Waals surface area (Å²) in [5.74, 6) is 0.287. The standard InChI is InChI=1S/C14H11BrN2O3S/c1-20-13-4-2-3-10(9-16)14(13)17-21(18,19)12-7-5-11(15)6-8-12/h2-8,17H,1H3. The lowest BCUT2D eigenvalue weighted by molar-refractivity contribution is 0.417. The summed E-state index contributed by atoms with van der Waals surface area (Å²) < 4.78 is 33.0. The molecule has 0 amide bonds. The number of hydrogen-bond acceptors (Lipinski definition) is 4. The zero-order valence-electron chi connectivity index (χ0n) is 11.0. The lowest BCUT2D eigenvalue weighted by atomic mass is 10.2. The van der Waals surface area contributed by atoms with E-state index < -0.39 is 10.0 Å². The Bertz CT molecular complexity index is 796. The molecule has 2 rings (SSSR count). The van der Waals surface area contributed by atoms with Gasteiger partial charge in [0.2, 0.25) is 0 Å². The first-order valence-corrected chi connectivity index (χ1v) is 8.11.